The lowest BCUT2D eigenvalue weighted by atomic mass is 10.0. The van der Waals surface area contributed by atoms with Crippen molar-refractivity contribution in [3.63, 3.8) is 0 Å². The first kappa shape index (κ1) is 8.34. The van der Waals surface area contributed by atoms with Gasteiger partial charge in [-0.15, -0.1) is 0 Å². The Labute approximate surface area is 67.5 Å². The van der Waals surface area contributed by atoms with E-state index in [2.05, 4.69) is 6.08 Å². The van der Waals surface area contributed by atoms with E-state index in [1.54, 1.807) is 14.2 Å². The lowest BCUT2D eigenvalue weighted by Crippen LogP contribution is -2.00. The van der Waals surface area contributed by atoms with Gasteiger partial charge in [0.15, 0.2) is 0 Å². The van der Waals surface area contributed by atoms with Crippen molar-refractivity contribution in [2.45, 2.75) is 12.8 Å². The molecule has 0 amide bonds. The van der Waals surface area contributed by atoms with Gasteiger partial charge in [0.25, 0.3) is 0 Å². The van der Waals surface area contributed by atoms with E-state index in [0.717, 1.165) is 25.2 Å². The molecule has 0 aromatic carbocycles. The van der Waals surface area contributed by atoms with E-state index in [1.807, 2.05) is 6.08 Å². The normalized spacial score (nSPS) is 17.3. The number of ether oxygens (including phenoxy) is 2. The standard InChI is InChI=1S/C9H14O2/c1-10-7-8-3-5-9(11-2)6-4-8/h3,5H,4,6-7H2,1-2H3. The highest BCUT2D eigenvalue weighted by Crippen LogP contribution is 2.18. The Balaban J connectivity index is 2.47. The molecular weight excluding hydrogens is 140 g/mol. The summed E-state index contributed by atoms with van der Waals surface area (Å²) in [5.41, 5.74) is 1.34. The van der Waals surface area contributed by atoms with Gasteiger partial charge in [0.05, 0.1) is 19.5 Å². The van der Waals surface area contributed by atoms with Crippen LogP contribution in [0.15, 0.2) is 23.5 Å². The summed E-state index contributed by atoms with van der Waals surface area (Å²) in [5, 5.41) is 0. The highest BCUT2D eigenvalue weighted by molar-refractivity contribution is 5.21. The second-order valence-corrected chi connectivity index (χ2v) is 2.60. The molecule has 0 N–H and O–H groups in total. The van der Waals surface area contributed by atoms with Crippen molar-refractivity contribution in [3.8, 4) is 0 Å². The fourth-order valence-corrected chi connectivity index (χ4v) is 1.14. The molecule has 1 rings (SSSR count). The zero-order valence-electron chi connectivity index (χ0n) is 7.09. The van der Waals surface area contributed by atoms with Crippen LogP contribution >= 0.6 is 0 Å². The predicted octanol–water partition coefficient (Wildman–Crippen LogP) is 1.88. The minimum Gasteiger partial charge on any atom is -0.501 e. The number of rotatable bonds is 3. The van der Waals surface area contributed by atoms with Crippen LogP contribution in [0.3, 0.4) is 0 Å². The fourth-order valence-electron chi connectivity index (χ4n) is 1.14. The van der Waals surface area contributed by atoms with Crippen LogP contribution < -0.4 is 0 Å². The van der Waals surface area contributed by atoms with Crippen LogP contribution in [0.2, 0.25) is 0 Å². The van der Waals surface area contributed by atoms with E-state index in [9.17, 15) is 0 Å². The van der Waals surface area contributed by atoms with Crippen molar-refractivity contribution in [3.05, 3.63) is 23.5 Å². The Morgan fingerprint density at radius 2 is 2.09 bits per heavy atom. The summed E-state index contributed by atoms with van der Waals surface area (Å²) in [6.07, 6.45) is 6.16. The van der Waals surface area contributed by atoms with Crippen LogP contribution in [0, 0.1) is 0 Å². The van der Waals surface area contributed by atoms with Gasteiger partial charge in [0.2, 0.25) is 0 Å². The van der Waals surface area contributed by atoms with Gasteiger partial charge in [-0.3, -0.25) is 0 Å². The molecule has 0 spiro atoms. The third-order valence-corrected chi connectivity index (χ3v) is 1.79. The van der Waals surface area contributed by atoms with E-state index in [0.29, 0.717) is 0 Å². The zero-order valence-corrected chi connectivity index (χ0v) is 7.09. The van der Waals surface area contributed by atoms with Gasteiger partial charge in [-0.2, -0.15) is 0 Å². The Bertz CT molecular complexity index is 180. The summed E-state index contributed by atoms with van der Waals surface area (Å²) in [6, 6.07) is 0. The maximum atomic E-state index is 5.09. The lowest BCUT2D eigenvalue weighted by Gasteiger charge is -2.12. The molecule has 11 heavy (non-hydrogen) atoms. The second kappa shape index (κ2) is 4.19. The maximum absolute atomic E-state index is 5.09. The third kappa shape index (κ3) is 2.39. The molecule has 0 saturated heterocycles. The van der Waals surface area contributed by atoms with Gasteiger partial charge in [-0.1, -0.05) is 6.08 Å². The molecule has 0 heterocycles. The fraction of sp³-hybridized carbons (Fsp3) is 0.556. The Hall–Kier alpha value is -0.760. The molecule has 2 nitrogen and oxygen atoms in total. The van der Waals surface area contributed by atoms with Crippen LogP contribution in [0.5, 0.6) is 0 Å². The van der Waals surface area contributed by atoms with Crippen molar-refractivity contribution in [2.24, 2.45) is 0 Å². The minimum absolute atomic E-state index is 0.744. The summed E-state index contributed by atoms with van der Waals surface area (Å²) in [4.78, 5) is 0. The SMILES string of the molecule is COCC1=CC=C(OC)CC1. The van der Waals surface area contributed by atoms with Gasteiger partial charge in [-0.25, -0.2) is 0 Å². The Kier molecular flexibility index (Phi) is 3.17. The molecule has 0 fully saturated rings. The number of hydrogen-bond acceptors (Lipinski definition) is 2. The summed E-state index contributed by atoms with van der Waals surface area (Å²) in [6.45, 7) is 0.744. The van der Waals surface area contributed by atoms with E-state index < -0.39 is 0 Å². The zero-order chi connectivity index (χ0) is 8.10. The molecule has 2 heteroatoms. The number of hydrogen-bond donors (Lipinski definition) is 0. The summed E-state index contributed by atoms with van der Waals surface area (Å²) in [5.74, 6) is 1.06. The van der Waals surface area contributed by atoms with Crippen LogP contribution in [0.4, 0.5) is 0 Å². The molecule has 0 saturated carbocycles. The predicted molar refractivity (Wildman–Crippen MR) is 44.3 cm³/mol. The first-order chi connectivity index (χ1) is 5.36. The molecule has 0 radical (unpaired) electrons. The van der Waals surface area contributed by atoms with E-state index in [4.69, 9.17) is 9.47 Å². The molecule has 0 aromatic rings. The largest absolute Gasteiger partial charge is 0.501 e. The summed E-state index contributed by atoms with van der Waals surface area (Å²) < 4.78 is 10.1. The van der Waals surface area contributed by atoms with Crippen molar-refractivity contribution in [1.82, 2.24) is 0 Å². The summed E-state index contributed by atoms with van der Waals surface area (Å²) in [7, 11) is 3.43. The third-order valence-electron chi connectivity index (χ3n) is 1.79. The molecule has 62 valence electrons. The van der Waals surface area contributed by atoms with E-state index in [1.165, 1.54) is 5.57 Å². The van der Waals surface area contributed by atoms with Gasteiger partial charge in [-0.05, 0) is 18.1 Å². The molecule has 1 aliphatic rings. The smallest absolute Gasteiger partial charge is 0.0958 e. The number of methoxy groups -OCH3 is 2. The Morgan fingerprint density at radius 3 is 2.55 bits per heavy atom. The maximum Gasteiger partial charge on any atom is 0.0958 e. The topological polar surface area (TPSA) is 18.5 Å². The van der Waals surface area contributed by atoms with Crippen molar-refractivity contribution in [2.75, 3.05) is 20.8 Å². The average Bonchev–Trinajstić information content (AvgIpc) is 2.07. The Morgan fingerprint density at radius 1 is 1.27 bits per heavy atom. The second-order valence-electron chi connectivity index (χ2n) is 2.60. The van der Waals surface area contributed by atoms with Crippen LogP contribution in [0.25, 0.3) is 0 Å². The molecule has 0 aromatic heterocycles. The van der Waals surface area contributed by atoms with Crippen molar-refractivity contribution in [1.29, 1.82) is 0 Å². The van der Waals surface area contributed by atoms with Gasteiger partial charge in [0, 0.05) is 13.5 Å². The van der Waals surface area contributed by atoms with Crippen molar-refractivity contribution >= 4 is 0 Å². The van der Waals surface area contributed by atoms with E-state index in [-0.39, 0.29) is 0 Å². The molecule has 0 aliphatic heterocycles. The highest BCUT2D eigenvalue weighted by atomic mass is 16.5. The van der Waals surface area contributed by atoms with E-state index >= 15 is 0 Å². The summed E-state index contributed by atoms with van der Waals surface area (Å²) >= 11 is 0. The van der Waals surface area contributed by atoms with Crippen LogP contribution in [-0.2, 0) is 9.47 Å². The van der Waals surface area contributed by atoms with Crippen LogP contribution in [-0.4, -0.2) is 20.8 Å². The van der Waals surface area contributed by atoms with Gasteiger partial charge in [0.1, 0.15) is 0 Å². The first-order valence-electron chi connectivity index (χ1n) is 3.78. The number of allylic oxidation sites excluding steroid dienone is 3. The average molecular weight is 154 g/mol. The van der Waals surface area contributed by atoms with Crippen molar-refractivity contribution < 1.29 is 9.47 Å². The lowest BCUT2D eigenvalue weighted by molar-refractivity contribution is 0.219. The minimum atomic E-state index is 0.744. The van der Waals surface area contributed by atoms with Gasteiger partial charge >= 0.3 is 0 Å². The molecule has 0 atom stereocenters. The first-order valence-corrected chi connectivity index (χ1v) is 3.78. The molecule has 0 unspecified atom stereocenters. The van der Waals surface area contributed by atoms with Gasteiger partial charge < -0.3 is 9.47 Å². The monoisotopic (exact) mass is 154 g/mol. The quantitative estimate of drug-likeness (QED) is 0.618. The molecular formula is C9H14O2. The van der Waals surface area contributed by atoms with Crippen LogP contribution in [0.1, 0.15) is 12.8 Å². The molecule has 1 aliphatic carbocycles. The molecule has 0 bridgehead atoms. The highest BCUT2D eigenvalue weighted by Gasteiger charge is 2.04.